The molecular formula is C7H7Br5O2. The third-order valence-electron chi connectivity index (χ3n) is 1.15. The van der Waals surface area contributed by atoms with Gasteiger partial charge in [-0.15, -0.1) is 0 Å². The Morgan fingerprint density at radius 2 is 1.71 bits per heavy atom. The number of carbonyl (C=O) groups excluding carboxylic acids is 1. The highest BCUT2D eigenvalue weighted by molar-refractivity contribution is 9.41. The summed E-state index contributed by atoms with van der Waals surface area (Å²) >= 11 is 16.6. The minimum Gasteiger partial charge on any atom is -0.460 e. The maximum atomic E-state index is 11.1. The minimum absolute atomic E-state index is 0.125. The third kappa shape index (κ3) is 5.09. The van der Waals surface area contributed by atoms with E-state index in [0.717, 1.165) is 0 Å². The van der Waals surface area contributed by atoms with Crippen LogP contribution in [0.4, 0.5) is 0 Å². The summed E-state index contributed by atoms with van der Waals surface area (Å²) in [5.74, 6) is -0.426. The molecule has 0 unspecified atom stereocenters. The smallest absolute Gasteiger partial charge is 0.333 e. The first kappa shape index (κ1) is 15.6. The van der Waals surface area contributed by atoms with E-state index < -0.39 is 11.3 Å². The van der Waals surface area contributed by atoms with Crippen LogP contribution in [0, 0.1) is 0 Å². The normalized spacial score (nSPS) is 12.4. The van der Waals surface area contributed by atoms with Gasteiger partial charge in [-0.3, -0.25) is 0 Å². The lowest BCUT2D eigenvalue weighted by atomic mass is 10.4. The largest absolute Gasteiger partial charge is 0.460 e. The van der Waals surface area contributed by atoms with Crippen molar-refractivity contribution in [2.75, 3.05) is 6.61 Å². The van der Waals surface area contributed by atoms with Crippen LogP contribution in [0.1, 0.15) is 6.92 Å². The zero-order chi connectivity index (χ0) is 11.6. The summed E-state index contributed by atoms with van der Waals surface area (Å²) in [6, 6.07) is 0. The fourth-order valence-electron chi connectivity index (χ4n) is 0.361. The summed E-state index contributed by atoms with van der Waals surface area (Å²) < 4.78 is 3.70. The lowest BCUT2D eigenvalue weighted by Crippen LogP contribution is -2.34. The topological polar surface area (TPSA) is 26.3 Å². The van der Waals surface area contributed by atoms with Gasteiger partial charge in [0.15, 0.2) is 2.14 Å². The quantitative estimate of drug-likeness (QED) is 0.312. The molecule has 0 atom stereocenters. The van der Waals surface area contributed by atoms with Crippen molar-refractivity contribution in [2.45, 2.75) is 12.3 Å². The van der Waals surface area contributed by atoms with Crippen LogP contribution < -0.4 is 0 Å². The first-order chi connectivity index (χ1) is 6.08. The van der Waals surface area contributed by atoms with E-state index in [1.807, 2.05) is 0 Å². The van der Waals surface area contributed by atoms with Gasteiger partial charge in [0.25, 0.3) is 0 Å². The fraction of sp³-hybridized carbons (Fsp3) is 0.571. The molecule has 0 bridgehead atoms. The van der Waals surface area contributed by atoms with E-state index in [4.69, 9.17) is 4.74 Å². The van der Waals surface area contributed by atoms with Gasteiger partial charge in [0.1, 0.15) is 9.84 Å². The second kappa shape index (κ2) is 5.80. The molecule has 0 amide bonds. The first-order valence-electron chi connectivity index (χ1n) is 3.35. The molecule has 0 aromatic heterocycles. The monoisotopic (exact) mass is 518 g/mol. The van der Waals surface area contributed by atoms with Crippen molar-refractivity contribution in [1.82, 2.24) is 0 Å². The van der Waals surface area contributed by atoms with Crippen molar-refractivity contribution in [3.05, 3.63) is 12.2 Å². The third-order valence-corrected chi connectivity index (χ3v) is 8.02. The molecule has 0 aromatic carbocycles. The van der Waals surface area contributed by atoms with Crippen LogP contribution in [0.25, 0.3) is 0 Å². The van der Waals surface area contributed by atoms with Gasteiger partial charge < -0.3 is 4.74 Å². The number of hydrogen-bond donors (Lipinski definition) is 0. The molecule has 14 heavy (non-hydrogen) atoms. The molecule has 0 radical (unpaired) electrons. The van der Waals surface area contributed by atoms with Crippen LogP contribution in [0.2, 0.25) is 0 Å². The number of esters is 1. The molecule has 2 nitrogen and oxygen atoms in total. The molecule has 0 spiro atoms. The van der Waals surface area contributed by atoms with E-state index in [2.05, 4.69) is 86.2 Å². The molecule has 0 heterocycles. The standard InChI is InChI=1S/C7H7Br5O2/c1-4(2)5(13)14-3-6(8,9)7(10,11)12/h1,3H2,2H3. The molecule has 0 saturated heterocycles. The number of alkyl halides is 5. The first-order valence-corrected chi connectivity index (χ1v) is 7.31. The zero-order valence-corrected chi connectivity index (χ0v) is 15.1. The van der Waals surface area contributed by atoms with E-state index >= 15 is 0 Å². The minimum atomic E-state index is -0.655. The van der Waals surface area contributed by atoms with Gasteiger partial charge in [-0.2, -0.15) is 0 Å². The lowest BCUT2D eigenvalue weighted by Gasteiger charge is -2.28. The summed E-state index contributed by atoms with van der Waals surface area (Å²) in [6.07, 6.45) is 0. The van der Waals surface area contributed by atoms with Gasteiger partial charge in [0.05, 0.1) is 0 Å². The van der Waals surface area contributed by atoms with Crippen molar-refractivity contribution in [1.29, 1.82) is 0 Å². The van der Waals surface area contributed by atoms with Crippen LogP contribution in [0.3, 0.4) is 0 Å². The number of halogens is 5. The van der Waals surface area contributed by atoms with Crippen molar-refractivity contribution in [3.63, 3.8) is 0 Å². The molecule has 0 N–H and O–H groups in total. The zero-order valence-electron chi connectivity index (χ0n) is 7.12. The van der Waals surface area contributed by atoms with E-state index in [9.17, 15) is 4.79 Å². The van der Waals surface area contributed by atoms with Crippen LogP contribution in [0.15, 0.2) is 12.2 Å². The van der Waals surface area contributed by atoms with E-state index in [0.29, 0.717) is 5.57 Å². The predicted octanol–water partition coefficient (Wildman–Crippen LogP) is 4.43. The maximum absolute atomic E-state index is 11.1. The van der Waals surface area contributed by atoms with Gasteiger partial charge in [-0.25, -0.2) is 4.79 Å². The number of rotatable bonds is 3. The summed E-state index contributed by atoms with van der Waals surface area (Å²) in [6.45, 7) is 5.20. The average molecular weight is 523 g/mol. The van der Waals surface area contributed by atoms with Crippen LogP contribution in [-0.4, -0.2) is 18.0 Å². The summed E-state index contributed by atoms with van der Waals surface area (Å²) in [5, 5.41) is 0. The molecule has 0 saturated carbocycles. The predicted molar refractivity (Wildman–Crippen MR) is 75.9 cm³/mol. The van der Waals surface area contributed by atoms with Gasteiger partial charge in [-0.1, -0.05) is 86.2 Å². The second-order valence-corrected chi connectivity index (χ2v) is 13.1. The average Bonchev–Trinajstić information content (AvgIpc) is 1.97. The molecule has 82 valence electrons. The van der Waals surface area contributed by atoms with Crippen molar-refractivity contribution < 1.29 is 9.53 Å². The van der Waals surface area contributed by atoms with Crippen molar-refractivity contribution >= 4 is 85.6 Å². The van der Waals surface area contributed by atoms with E-state index in [1.54, 1.807) is 6.92 Å². The molecule has 0 aromatic rings. The Morgan fingerprint density at radius 3 is 2.00 bits per heavy atom. The Kier molecular flexibility index (Phi) is 6.46. The van der Waals surface area contributed by atoms with Gasteiger partial charge >= 0.3 is 5.97 Å². The van der Waals surface area contributed by atoms with Crippen LogP contribution >= 0.6 is 79.6 Å². The summed E-state index contributed by atoms with van der Waals surface area (Å²) in [4.78, 5) is 11.1. The van der Waals surface area contributed by atoms with Gasteiger partial charge in [0.2, 0.25) is 0 Å². The highest BCUT2D eigenvalue weighted by atomic mass is 80.0. The van der Waals surface area contributed by atoms with Gasteiger partial charge in [-0.05, 0) is 6.92 Å². The Hall–Kier alpha value is 1.61. The highest BCUT2D eigenvalue weighted by Crippen LogP contribution is 2.52. The Morgan fingerprint density at radius 1 is 1.29 bits per heavy atom. The summed E-state index contributed by atoms with van der Waals surface area (Å²) in [7, 11) is 0. The lowest BCUT2D eigenvalue weighted by molar-refractivity contribution is -0.138. The van der Waals surface area contributed by atoms with Crippen molar-refractivity contribution in [2.24, 2.45) is 0 Å². The van der Waals surface area contributed by atoms with Crippen LogP contribution in [-0.2, 0) is 9.53 Å². The van der Waals surface area contributed by atoms with E-state index in [-0.39, 0.29) is 6.61 Å². The second-order valence-electron chi connectivity index (χ2n) is 2.56. The highest BCUT2D eigenvalue weighted by Gasteiger charge is 2.44. The summed E-state index contributed by atoms with van der Waals surface area (Å²) in [5.41, 5.74) is 0.366. The molecule has 0 aliphatic rings. The van der Waals surface area contributed by atoms with E-state index in [1.165, 1.54) is 0 Å². The molecule has 0 aliphatic heterocycles. The molecule has 0 fully saturated rings. The van der Waals surface area contributed by atoms with Gasteiger partial charge in [0, 0.05) is 5.57 Å². The Labute approximate surface area is 125 Å². The molecular weight excluding hydrogens is 516 g/mol. The number of hydrogen-bond acceptors (Lipinski definition) is 2. The van der Waals surface area contributed by atoms with Crippen LogP contribution in [0.5, 0.6) is 0 Å². The maximum Gasteiger partial charge on any atom is 0.333 e. The fourth-order valence-corrected chi connectivity index (χ4v) is 0.934. The number of carbonyl (C=O) groups is 1. The SMILES string of the molecule is C=C(C)C(=O)OCC(Br)(Br)C(Br)(Br)Br. The Bertz CT molecular complexity index is 243. The molecule has 0 rings (SSSR count). The van der Waals surface area contributed by atoms with Crippen molar-refractivity contribution in [3.8, 4) is 0 Å². The number of ether oxygens (including phenoxy) is 1. The Balaban J connectivity index is 4.27. The molecule has 7 heteroatoms. The molecule has 0 aliphatic carbocycles.